The molecule has 2 aromatic rings. The molecule has 0 unspecified atom stereocenters. The molecule has 2 rings (SSSR count). The lowest BCUT2D eigenvalue weighted by Crippen LogP contribution is -2.00. The van der Waals surface area contributed by atoms with Crippen LogP contribution in [0.2, 0.25) is 0 Å². The van der Waals surface area contributed by atoms with Crippen LogP contribution < -0.4 is 5.73 Å². The summed E-state index contributed by atoms with van der Waals surface area (Å²) in [6.45, 7) is 1.06. The van der Waals surface area contributed by atoms with Crippen LogP contribution >= 0.6 is 0 Å². The molecule has 0 fully saturated rings. The van der Waals surface area contributed by atoms with E-state index in [9.17, 15) is 0 Å². The van der Waals surface area contributed by atoms with Crippen molar-refractivity contribution < 1.29 is 0 Å². The van der Waals surface area contributed by atoms with Crippen LogP contribution in [0.3, 0.4) is 0 Å². The van der Waals surface area contributed by atoms with E-state index >= 15 is 0 Å². The molecular formula is C12H12N4. The van der Waals surface area contributed by atoms with E-state index in [2.05, 4.69) is 21.8 Å². The van der Waals surface area contributed by atoms with Crippen LogP contribution in [0.1, 0.15) is 11.4 Å². The Hall–Kier alpha value is -2.12. The van der Waals surface area contributed by atoms with E-state index in [4.69, 9.17) is 5.73 Å². The van der Waals surface area contributed by atoms with Crippen molar-refractivity contribution in [3.63, 3.8) is 0 Å². The summed E-state index contributed by atoms with van der Waals surface area (Å²) in [7, 11) is 0. The summed E-state index contributed by atoms with van der Waals surface area (Å²) in [5.74, 6) is 6.02. The van der Waals surface area contributed by atoms with Crippen LogP contribution in [-0.4, -0.2) is 14.5 Å². The third-order valence-corrected chi connectivity index (χ3v) is 2.05. The van der Waals surface area contributed by atoms with Gasteiger partial charge >= 0.3 is 0 Å². The molecule has 2 N–H and O–H groups in total. The highest BCUT2D eigenvalue weighted by atomic mass is 15.0. The molecule has 0 aliphatic rings. The van der Waals surface area contributed by atoms with Gasteiger partial charge in [0, 0.05) is 18.9 Å². The highest BCUT2D eigenvalue weighted by molar-refractivity contribution is 5.28. The molecule has 16 heavy (non-hydrogen) atoms. The van der Waals surface area contributed by atoms with Gasteiger partial charge in [0.15, 0.2) is 0 Å². The van der Waals surface area contributed by atoms with Crippen LogP contribution in [0.5, 0.6) is 0 Å². The van der Waals surface area contributed by atoms with Gasteiger partial charge in [0.05, 0.1) is 18.6 Å². The first kappa shape index (κ1) is 10.4. The molecule has 0 spiro atoms. The number of hydrogen-bond acceptors (Lipinski definition) is 3. The quantitative estimate of drug-likeness (QED) is 0.749. The average molecular weight is 212 g/mol. The summed E-state index contributed by atoms with van der Waals surface area (Å²) >= 11 is 0. The molecule has 2 heterocycles. The van der Waals surface area contributed by atoms with Crippen molar-refractivity contribution in [2.24, 2.45) is 5.73 Å². The molecule has 0 saturated carbocycles. The van der Waals surface area contributed by atoms with E-state index < -0.39 is 0 Å². The summed E-state index contributed by atoms with van der Waals surface area (Å²) in [5.41, 5.74) is 7.11. The van der Waals surface area contributed by atoms with Gasteiger partial charge in [-0.25, -0.2) is 9.97 Å². The minimum absolute atomic E-state index is 0.442. The summed E-state index contributed by atoms with van der Waals surface area (Å²) in [5, 5.41) is 0. The Morgan fingerprint density at radius 3 is 3.06 bits per heavy atom. The third kappa shape index (κ3) is 2.69. The Morgan fingerprint density at radius 1 is 1.38 bits per heavy atom. The topological polar surface area (TPSA) is 56.7 Å². The van der Waals surface area contributed by atoms with Crippen LogP contribution in [0.15, 0.2) is 36.9 Å². The van der Waals surface area contributed by atoms with E-state index in [1.807, 2.05) is 29.0 Å². The van der Waals surface area contributed by atoms with Gasteiger partial charge in [-0.05, 0) is 18.1 Å². The molecule has 80 valence electrons. The zero-order chi connectivity index (χ0) is 11.2. The zero-order valence-electron chi connectivity index (χ0n) is 8.80. The molecule has 0 aromatic carbocycles. The largest absolute Gasteiger partial charge is 0.326 e. The SMILES string of the molecule is NCc1cccc(C#CCn2ccnc2)n1. The van der Waals surface area contributed by atoms with Gasteiger partial charge in [0.2, 0.25) is 0 Å². The summed E-state index contributed by atoms with van der Waals surface area (Å²) in [4.78, 5) is 8.22. The fraction of sp³-hybridized carbons (Fsp3) is 0.167. The molecular weight excluding hydrogens is 200 g/mol. The van der Waals surface area contributed by atoms with Crippen molar-refractivity contribution in [2.75, 3.05) is 0 Å². The number of pyridine rings is 1. The normalized spacial score (nSPS) is 9.56. The molecule has 0 aliphatic carbocycles. The van der Waals surface area contributed by atoms with E-state index in [0.717, 1.165) is 11.4 Å². The number of hydrogen-bond donors (Lipinski definition) is 1. The number of rotatable bonds is 2. The Labute approximate surface area is 94.1 Å². The molecule has 4 nitrogen and oxygen atoms in total. The number of aromatic nitrogens is 3. The lowest BCUT2D eigenvalue weighted by atomic mass is 10.3. The standard InChI is InChI=1S/C12H12N4/c13-9-12-4-1-3-11(15-12)5-2-7-16-8-6-14-10-16/h1,3-4,6,8,10H,7,9,13H2. The fourth-order valence-electron chi connectivity index (χ4n) is 1.26. The second kappa shape index (κ2) is 5.10. The smallest absolute Gasteiger partial charge is 0.113 e. The summed E-state index contributed by atoms with van der Waals surface area (Å²) in [6.07, 6.45) is 5.34. The lowest BCUT2D eigenvalue weighted by Gasteiger charge is -1.95. The van der Waals surface area contributed by atoms with Gasteiger partial charge in [-0.3, -0.25) is 0 Å². The first-order valence-electron chi connectivity index (χ1n) is 4.99. The van der Waals surface area contributed by atoms with Crippen molar-refractivity contribution in [1.29, 1.82) is 0 Å². The van der Waals surface area contributed by atoms with Crippen molar-refractivity contribution in [3.8, 4) is 11.8 Å². The van der Waals surface area contributed by atoms with Crippen LogP contribution in [-0.2, 0) is 13.1 Å². The number of imidazole rings is 1. The van der Waals surface area contributed by atoms with Gasteiger partial charge in [0.25, 0.3) is 0 Å². The molecule has 0 amide bonds. The predicted molar refractivity (Wildman–Crippen MR) is 61.2 cm³/mol. The van der Waals surface area contributed by atoms with Gasteiger partial charge < -0.3 is 10.3 Å². The van der Waals surface area contributed by atoms with Crippen LogP contribution in [0, 0.1) is 11.8 Å². The first-order valence-corrected chi connectivity index (χ1v) is 4.99. The zero-order valence-corrected chi connectivity index (χ0v) is 8.80. The highest BCUT2D eigenvalue weighted by Crippen LogP contribution is 1.96. The highest BCUT2D eigenvalue weighted by Gasteiger charge is 1.91. The van der Waals surface area contributed by atoms with Gasteiger partial charge in [-0.15, -0.1) is 0 Å². The van der Waals surface area contributed by atoms with E-state index in [1.54, 1.807) is 12.5 Å². The van der Waals surface area contributed by atoms with E-state index in [-0.39, 0.29) is 0 Å². The van der Waals surface area contributed by atoms with Crippen molar-refractivity contribution >= 4 is 0 Å². The maximum atomic E-state index is 5.50. The Kier molecular flexibility index (Phi) is 3.31. The first-order chi connectivity index (χ1) is 7.88. The summed E-state index contributed by atoms with van der Waals surface area (Å²) in [6, 6.07) is 5.68. The maximum absolute atomic E-state index is 5.50. The summed E-state index contributed by atoms with van der Waals surface area (Å²) < 4.78 is 1.90. The molecule has 0 bridgehead atoms. The Morgan fingerprint density at radius 2 is 2.31 bits per heavy atom. The van der Waals surface area contributed by atoms with Crippen molar-refractivity contribution in [1.82, 2.24) is 14.5 Å². The molecule has 2 aromatic heterocycles. The van der Waals surface area contributed by atoms with Crippen LogP contribution in [0.4, 0.5) is 0 Å². The third-order valence-electron chi connectivity index (χ3n) is 2.05. The Balaban J connectivity index is 2.06. The number of nitrogens with zero attached hydrogens (tertiary/aromatic N) is 3. The Bertz CT molecular complexity index is 505. The molecule has 4 heteroatoms. The minimum Gasteiger partial charge on any atom is -0.326 e. The van der Waals surface area contributed by atoms with E-state index in [0.29, 0.717) is 13.1 Å². The molecule has 0 aliphatic heterocycles. The van der Waals surface area contributed by atoms with Gasteiger partial charge in [0.1, 0.15) is 5.69 Å². The predicted octanol–water partition coefficient (Wildman–Crippen LogP) is 0.788. The monoisotopic (exact) mass is 212 g/mol. The van der Waals surface area contributed by atoms with E-state index in [1.165, 1.54) is 0 Å². The van der Waals surface area contributed by atoms with Gasteiger partial charge in [-0.2, -0.15) is 0 Å². The number of nitrogens with two attached hydrogens (primary N) is 1. The van der Waals surface area contributed by atoms with Gasteiger partial charge in [-0.1, -0.05) is 12.0 Å². The van der Waals surface area contributed by atoms with Crippen molar-refractivity contribution in [2.45, 2.75) is 13.1 Å². The van der Waals surface area contributed by atoms with Crippen molar-refractivity contribution in [3.05, 3.63) is 48.3 Å². The maximum Gasteiger partial charge on any atom is 0.113 e. The minimum atomic E-state index is 0.442. The van der Waals surface area contributed by atoms with Crippen LogP contribution in [0.25, 0.3) is 0 Å². The second-order valence-electron chi connectivity index (χ2n) is 3.26. The average Bonchev–Trinajstić information content (AvgIpc) is 2.82. The molecule has 0 radical (unpaired) electrons. The molecule has 0 saturated heterocycles. The lowest BCUT2D eigenvalue weighted by molar-refractivity contribution is 0.839. The fourth-order valence-corrected chi connectivity index (χ4v) is 1.26. The second-order valence-corrected chi connectivity index (χ2v) is 3.26. The molecule has 0 atom stereocenters.